The summed E-state index contributed by atoms with van der Waals surface area (Å²) in [6.07, 6.45) is 0.627. The number of para-hydroxylation sites is 1. The van der Waals surface area contributed by atoms with Gasteiger partial charge in [-0.2, -0.15) is 10.1 Å². The van der Waals surface area contributed by atoms with Gasteiger partial charge in [0.1, 0.15) is 18.1 Å². The summed E-state index contributed by atoms with van der Waals surface area (Å²) >= 11 is 1.25. The van der Waals surface area contributed by atoms with E-state index in [2.05, 4.69) is 15.1 Å². The first-order chi connectivity index (χ1) is 16.6. The summed E-state index contributed by atoms with van der Waals surface area (Å²) in [5, 5.41) is 12.2. The fourth-order valence-electron chi connectivity index (χ4n) is 3.13. The summed E-state index contributed by atoms with van der Waals surface area (Å²) in [7, 11) is -4.07. The topological polar surface area (TPSA) is 168 Å². The van der Waals surface area contributed by atoms with E-state index >= 15 is 0 Å². The van der Waals surface area contributed by atoms with Crippen molar-refractivity contribution in [3.8, 4) is 5.75 Å². The van der Waals surface area contributed by atoms with Crippen LogP contribution in [0.4, 0.5) is 5.95 Å². The highest BCUT2D eigenvalue weighted by atomic mass is 32.2. The number of esters is 1. The standard InChI is InChI=1S/C21H30N5O7PS/c1-13(2)10-31-19(28)14(3)25-34(30,33-15-7-5-4-6-8-15)32-11-17-16(27)9-18(35-17)26-12-23-20(22)24-21(26)29/h4-8,12-14,16-18,27H,9-11H2,1-3H3,(H,25,30)(H2,22,24,29)/t14-,16+,17+,18+,34-/m0/s1. The number of nitrogens with zero attached hydrogens (tertiary/aromatic N) is 3. The molecule has 2 heterocycles. The SMILES string of the molecule is CC(C)COC(=O)[C@H](C)N[P@](=O)(OC[C@H]1S[C@@H](n2cnc(N)nc2=O)C[C@H]1O)Oc1ccccc1. The van der Waals surface area contributed by atoms with E-state index in [0.717, 1.165) is 0 Å². The number of hydrogen-bond donors (Lipinski definition) is 3. The lowest BCUT2D eigenvalue weighted by Crippen LogP contribution is -2.36. The van der Waals surface area contributed by atoms with Crippen LogP contribution in [0.2, 0.25) is 0 Å². The molecule has 1 aliphatic rings. The van der Waals surface area contributed by atoms with Crippen LogP contribution >= 0.6 is 19.5 Å². The number of nitrogens with one attached hydrogen (secondary N) is 1. The summed E-state index contributed by atoms with van der Waals surface area (Å²) in [5.74, 6) is -0.324. The Kier molecular flexibility index (Phi) is 9.31. The predicted octanol–water partition coefficient (Wildman–Crippen LogP) is 1.97. The van der Waals surface area contributed by atoms with Crippen molar-refractivity contribution in [1.82, 2.24) is 19.6 Å². The van der Waals surface area contributed by atoms with Crippen molar-refractivity contribution in [2.24, 2.45) is 5.92 Å². The predicted molar refractivity (Wildman–Crippen MR) is 131 cm³/mol. The highest BCUT2D eigenvalue weighted by molar-refractivity contribution is 8.00. The molecule has 12 nitrogen and oxygen atoms in total. The molecule has 1 saturated heterocycles. The van der Waals surface area contributed by atoms with Gasteiger partial charge in [-0.05, 0) is 25.0 Å². The number of anilines is 1. The van der Waals surface area contributed by atoms with E-state index in [1.54, 1.807) is 30.3 Å². The number of benzene rings is 1. The Morgan fingerprint density at radius 1 is 1.34 bits per heavy atom. The third kappa shape index (κ3) is 7.77. The molecule has 2 aromatic rings. The molecule has 0 aliphatic carbocycles. The van der Waals surface area contributed by atoms with Crippen molar-refractivity contribution >= 4 is 31.4 Å². The number of carbonyl (C=O) groups is 1. The molecule has 3 rings (SSSR count). The molecule has 0 radical (unpaired) electrons. The number of aromatic nitrogens is 3. The molecule has 192 valence electrons. The van der Waals surface area contributed by atoms with Gasteiger partial charge in [0.25, 0.3) is 0 Å². The molecule has 0 unspecified atom stereocenters. The second-order valence-electron chi connectivity index (χ2n) is 8.41. The summed E-state index contributed by atoms with van der Waals surface area (Å²) in [4.78, 5) is 31.9. The monoisotopic (exact) mass is 527 g/mol. The van der Waals surface area contributed by atoms with E-state index in [1.165, 1.54) is 29.6 Å². The van der Waals surface area contributed by atoms with Gasteiger partial charge < -0.3 is 20.1 Å². The Bertz CT molecular complexity index is 1100. The Morgan fingerprint density at radius 2 is 2.06 bits per heavy atom. The zero-order valence-corrected chi connectivity index (χ0v) is 21.4. The smallest absolute Gasteiger partial charge is 0.459 e. The van der Waals surface area contributed by atoms with Crippen molar-refractivity contribution in [1.29, 1.82) is 0 Å². The lowest BCUT2D eigenvalue weighted by molar-refractivity contribution is -0.146. The zero-order chi connectivity index (χ0) is 25.6. The largest absolute Gasteiger partial charge is 0.464 e. The first-order valence-electron chi connectivity index (χ1n) is 11.0. The maximum absolute atomic E-state index is 13.6. The molecule has 0 saturated carbocycles. The van der Waals surface area contributed by atoms with E-state index in [0.29, 0.717) is 0 Å². The van der Waals surface area contributed by atoms with E-state index in [-0.39, 0.29) is 37.3 Å². The molecule has 0 amide bonds. The molecule has 1 aromatic carbocycles. The first-order valence-corrected chi connectivity index (χ1v) is 13.5. The second-order valence-corrected chi connectivity index (χ2v) is 11.5. The molecule has 14 heteroatoms. The van der Waals surface area contributed by atoms with Crippen LogP contribution in [0.1, 0.15) is 32.6 Å². The Morgan fingerprint density at radius 3 is 2.71 bits per heavy atom. The van der Waals surface area contributed by atoms with Gasteiger partial charge in [0.05, 0.1) is 29.9 Å². The molecule has 1 aromatic heterocycles. The Hall–Kier alpha value is -2.44. The van der Waals surface area contributed by atoms with Crippen molar-refractivity contribution < 1.29 is 28.3 Å². The number of aliphatic hydroxyl groups is 1. The van der Waals surface area contributed by atoms with Crippen molar-refractivity contribution in [3.63, 3.8) is 0 Å². The normalized spacial score (nSPS) is 22.5. The van der Waals surface area contributed by atoms with Crippen LogP contribution in [0, 0.1) is 5.92 Å². The molecular weight excluding hydrogens is 497 g/mol. The van der Waals surface area contributed by atoms with Crippen molar-refractivity contribution in [2.75, 3.05) is 18.9 Å². The van der Waals surface area contributed by atoms with Gasteiger partial charge in [0, 0.05) is 6.42 Å². The lowest BCUT2D eigenvalue weighted by atomic mass is 10.2. The van der Waals surface area contributed by atoms with E-state index in [4.69, 9.17) is 19.5 Å². The molecular formula is C21H30N5O7PS. The van der Waals surface area contributed by atoms with Gasteiger partial charge in [-0.15, -0.1) is 11.8 Å². The van der Waals surface area contributed by atoms with Gasteiger partial charge in [0.15, 0.2) is 0 Å². The maximum Gasteiger partial charge on any atom is 0.459 e. The lowest BCUT2D eigenvalue weighted by Gasteiger charge is -2.24. The Labute approximate surface area is 207 Å². The fourth-order valence-corrected chi connectivity index (χ4v) is 6.18. The van der Waals surface area contributed by atoms with E-state index in [9.17, 15) is 19.3 Å². The van der Waals surface area contributed by atoms with Gasteiger partial charge in [-0.3, -0.25) is 13.9 Å². The summed E-state index contributed by atoms with van der Waals surface area (Å²) in [6, 6.07) is 7.39. The summed E-state index contributed by atoms with van der Waals surface area (Å²) in [5.41, 5.74) is 4.85. The van der Waals surface area contributed by atoms with Crippen LogP contribution in [0.25, 0.3) is 0 Å². The number of hydrogen-bond acceptors (Lipinski definition) is 11. The number of carbonyl (C=O) groups excluding carboxylic acids is 1. The minimum absolute atomic E-state index is 0.138. The third-order valence-corrected chi connectivity index (χ3v) is 8.08. The van der Waals surface area contributed by atoms with Crippen molar-refractivity contribution in [3.05, 3.63) is 47.1 Å². The number of nitrogen functional groups attached to an aromatic ring is 1. The fraction of sp³-hybridized carbons (Fsp3) is 0.524. The molecule has 35 heavy (non-hydrogen) atoms. The minimum atomic E-state index is -4.07. The second kappa shape index (κ2) is 12.0. The number of nitrogens with two attached hydrogens (primary N) is 1. The van der Waals surface area contributed by atoms with Gasteiger partial charge >= 0.3 is 19.4 Å². The van der Waals surface area contributed by atoms with Crippen LogP contribution in [-0.4, -0.2) is 56.2 Å². The van der Waals surface area contributed by atoms with Gasteiger partial charge in [-0.25, -0.2) is 14.3 Å². The molecule has 1 aliphatic heterocycles. The molecule has 5 atom stereocenters. The molecule has 0 spiro atoms. The minimum Gasteiger partial charge on any atom is -0.464 e. The van der Waals surface area contributed by atoms with Gasteiger partial charge in [-0.1, -0.05) is 32.0 Å². The van der Waals surface area contributed by atoms with Crippen LogP contribution in [0.15, 0.2) is 41.5 Å². The van der Waals surface area contributed by atoms with E-state index in [1.807, 2.05) is 13.8 Å². The maximum atomic E-state index is 13.6. The number of ether oxygens (including phenoxy) is 1. The van der Waals surface area contributed by atoms with Crippen LogP contribution in [0.5, 0.6) is 5.75 Å². The van der Waals surface area contributed by atoms with E-state index < -0.39 is 42.2 Å². The number of aliphatic hydroxyl groups excluding tert-OH is 1. The number of thioether (sulfide) groups is 1. The van der Waals surface area contributed by atoms with Crippen LogP contribution < -0.4 is 21.0 Å². The number of rotatable bonds is 11. The summed E-state index contributed by atoms with van der Waals surface area (Å²) in [6.45, 7) is 5.34. The molecule has 1 fully saturated rings. The first kappa shape index (κ1) is 27.2. The highest BCUT2D eigenvalue weighted by Gasteiger charge is 2.39. The Balaban J connectivity index is 1.69. The third-order valence-electron chi connectivity index (χ3n) is 4.90. The van der Waals surface area contributed by atoms with Gasteiger partial charge in [0.2, 0.25) is 5.95 Å². The van der Waals surface area contributed by atoms with Crippen LogP contribution in [-0.2, 0) is 18.6 Å². The summed E-state index contributed by atoms with van der Waals surface area (Å²) < 4.78 is 31.4. The van der Waals surface area contributed by atoms with Crippen molar-refractivity contribution in [2.45, 2.75) is 50.0 Å². The van der Waals surface area contributed by atoms with Crippen LogP contribution in [0.3, 0.4) is 0 Å². The zero-order valence-electron chi connectivity index (χ0n) is 19.6. The quantitative estimate of drug-likeness (QED) is 0.287. The average molecular weight is 528 g/mol. The average Bonchev–Trinajstić information content (AvgIpc) is 3.16. The molecule has 0 bridgehead atoms. The highest BCUT2D eigenvalue weighted by Crippen LogP contribution is 2.48. The molecule has 4 N–H and O–H groups in total.